The molecule has 0 saturated heterocycles. The molecule has 0 radical (unpaired) electrons. The highest BCUT2D eigenvalue weighted by molar-refractivity contribution is 5.74. The van der Waals surface area contributed by atoms with Gasteiger partial charge in [-0.1, -0.05) is 24.3 Å². The Morgan fingerprint density at radius 2 is 1.90 bits per heavy atom. The van der Waals surface area contributed by atoms with E-state index < -0.39 is 11.9 Å². The maximum atomic E-state index is 12.5. The van der Waals surface area contributed by atoms with Gasteiger partial charge in [0, 0.05) is 11.6 Å². The maximum Gasteiger partial charge on any atom is 0.433 e. The molecule has 2 aromatic rings. The molecular formula is C14H10F3NO2. The predicted molar refractivity (Wildman–Crippen MR) is 65.4 cm³/mol. The maximum absolute atomic E-state index is 12.5. The van der Waals surface area contributed by atoms with Crippen LogP contribution in [0.15, 0.2) is 42.5 Å². The Labute approximate surface area is 113 Å². The Morgan fingerprint density at radius 3 is 2.60 bits per heavy atom. The van der Waals surface area contributed by atoms with E-state index in [1.54, 1.807) is 24.3 Å². The van der Waals surface area contributed by atoms with E-state index in [-0.39, 0.29) is 12.5 Å². The van der Waals surface area contributed by atoms with Gasteiger partial charge in [0.1, 0.15) is 18.6 Å². The summed E-state index contributed by atoms with van der Waals surface area (Å²) in [6.07, 6.45) is -3.82. The smallest absolute Gasteiger partial charge is 0.433 e. The molecule has 6 heteroatoms. The molecule has 0 bridgehead atoms. The summed E-state index contributed by atoms with van der Waals surface area (Å²) in [6, 6.07) is 10.0. The molecule has 2 rings (SSSR count). The number of rotatable bonds is 4. The summed E-state index contributed by atoms with van der Waals surface area (Å²) >= 11 is 0. The zero-order valence-corrected chi connectivity index (χ0v) is 10.2. The Morgan fingerprint density at radius 1 is 1.15 bits per heavy atom. The molecule has 0 aliphatic carbocycles. The highest BCUT2D eigenvalue weighted by Crippen LogP contribution is 2.28. The third-order valence-corrected chi connectivity index (χ3v) is 2.49. The van der Waals surface area contributed by atoms with Crippen molar-refractivity contribution in [3.05, 3.63) is 59.3 Å². The number of benzene rings is 1. The van der Waals surface area contributed by atoms with Crippen molar-refractivity contribution in [3.63, 3.8) is 0 Å². The molecule has 0 unspecified atom stereocenters. The third kappa shape index (κ3) is 3.57. The number of halogens is 3. The van der Waals surface area contributed by atoms with E-state index in [0.717, 1.165) is 6.07 Å². The quantitative estimate of drug-likeness (QED) is 0.805. The number of hydrogen-bond acceptors (Lipinski definition) is 3. The molecule has 104 valence electrons. The van der Waals surface area contributed by atoms with E-state index in [9.17, 15) is 18.0 Å². The van der Waals surface area contributed by atoms with Crippen LogP contribution in [0.3, 0.4) is 0 Å². The van der Waals surface area contributed by atoms with E-state index in [0.29, 0.717) is 17.4 Å². The molecule has 1 heterocycles. The van der Waals surface area contributed by atoms with Crippen LogP contribution < -0.4 is 4.74 Å². The Balaban J connectivity index is 2.09. The molecule has 20 heavy (non-hydrogen) atoms. The second-order valence-corrected chi connectivity index (χ2v) is 4.01. The summed E-state index contributed by atoms with van der Waals surface area (Å²) in [5.74, 6) is -0.115. The van der Waals surface area contributed by atoms with Crippen molar-refractivity contribution < 1.29 is 22.7 Å². The van der Waals surface area contributed by atoms with Gasteiger partial charge < -0.3 is 4.74 Å². The Bertz CT molecular complexity index is 611. The van der Waals surface area contributed by atoms with Crippen LogP contribution in [0.1, 0.15) is 21.6 Å². The predicted octanol–water partition coefficient (Wildman–Crippen LogP) is 3.49. The fourth-order valence-corrected chi connectivity index (χ4v) is 1.57. The number of carbonyl (C=O) groups excluding carboxylic acids is 1. The average molecular weight is 281 g/mol. The van der Waals surface area contributed by atoms with Crippen LogP contribution in [-0.4, -0.2) is 11.3 Å². The lowest BCUT2D eigenvalue weighted by molar-refractivity contribution is -0.141. The molecular weight excluding hydrogens is 271 g/mol. The fourth-order valence-electron chi connectivity index (χ4n) is 1.57. The first kappa shape index (κ1) is 14.0. The van der Waals surface area contributed by atoms with Crippen molar-refractivity contribution >= 4 is 6.29 Å². The van der Waals surface area contributed by atoms with Crippen LogP contribution in [0.2, 0.25) is 0 Å². The number of nitrogens with zero attached hydrogens (tertiary/aromatic N) is 1. The molecule has 0 fully saturated rings. The van der Waals surface area contributed by atoms with Crippen LogP contribution >= 0.6 is 0 Å². The largest absolute Gasteiger partial charge is 0.473 e. The standard InChI is InChI=1S/C14H10F3NO2/c15-14(16,17)12-5-2-6-13(18-12)20-9-11-4-1-3-10(7-11)8-19/h1-8H,9H2. The fraction of sp³-hybridized carbons (Fsp3) is 0.143. The average Bonchev–Trinajstić information content (AvgIpc) is 2.45. The third-order valence-electron chi connectivity index (χ3n) is 2.49. The number of alkyl halides is 3. The van der Waals surface area contributed by atoms with Gasteiger partial charge in [0.15, 0.2) is 0 Å². The number of hydrogen-bond donors (Lipinski definition) is 0. The number of pyridine rings is 1. The van der Waals surface area contributed by atoms with Crippen molar-refractivity contribution in [1.29, 1.82) is 0 Å². The van der Waals surface area contributed by atoms with E-state index in [1.807, 2.05) is 0 Å². The molecule has 1 aromatic heterocycles. The van der Waals surface area contributed by atoms with Crippen LogP contribution in [0.4, 0.5) is 13.2 Å². The lowest BCUT2D eigenvalue weighted by Gasteiger charge is -2.09. The Hall–Kier alpha value is -2.37. The first-order chi connectivity index (χ1) is 9.49. The molecule has 0 N–H and O–H groups in total. The molecule has 0 amide bonds. The zero-order valence-electron chi connectivity index (χ0n) is 10.2. The lowest BCUT2D eigenvalue weighted by Crippen LogP contribution is -2.08. The summed E-state index contributed by atoms with van der Waals surface area (Å²) in [5, 5.41) is 0. The van der Waals surface area contributed by atoms with Crippen LogP contribution in [-0.2, 0) is 12.8 Å². The number of carbonyl (C=O) groups is 1. The lowest BCUT2D eigenvalue weighted by atomic mass is 10.1. The Kier molecular flexibility index (Phi) is 4.02. The molecule has 0 saturated carbocycles. The van der Waals surface area contributed by atoms with Crippen LogP contribution in [0.5, 0.6) is 5.88 Å². The minimum absolute atomic E-state index is 0.0377. The normalized spacial score (nSPS) is 11.2. The number of aromatic nitrogens is 1. The van der Waals surface area contributed by atoms with Gasteiger partial charge in [-0.3, -0.25) is 4.79 Å². The van der Waals surface area contributed by atoms with Gasteiger partial charge in [-0.25, -0.2) is 4.98 Å². The number of ether oxygens (including phenoxy) is 1. The molecule has 0 spiro atoms. The summed E-state index contributed by atoms with van der Waals surface area (Å²) in [6.45, 7) is 0.0377. The van der Waals surface area contributed by atoms with Crippen LogP contribution in [0, 0.1) is 0 Å². The van der Waals surface area contributed by atoms with E-state index >= 15 is 0 Å². The summed E-state index contributed by atoms with van der Waals surface area (Å²) in [7, 11) is 0. The minimum Gasteiger partial charge on any atom is -0.473 e. The first-order valence-electron chi connectivity index (χ1n) is 5.70. The summed E-state index contributed by atoms with van der Waals surface area (Å²) in [5.41, 5.74) is 0.147. The first-order valence-corrected chi connectivity index (χ1v) is 5.70. The molecule has 0 aliphatic rings. The van der Waals surface area contributed by atoms with Crippen molar-refractivity contribution in [1.82, 2.24) is 4.98 Å². The molecule has 0 aliphatic heterocycles. The van der Waals surface area contributed by atoms with Crippen molar-refractivity contribution in [2.75, 3.05) is 0 Å². The SMILES string of the molecule is O=Cc1cccc(COc2cccc(C(F)(F)F)n2)c1. The monoisotopic (exact) mass is 281 g/mol. The topological polar surface area (TPSA) is 39.2 Å². The van der Waals surface area contributed by atoms with Gasteiger partial charge >= 0.3 is 6.18 Å². The van der Waals surface area contributed by atoms with Gasteiger partial charge in [-0.05, 0) is 17.7 Å². The van der Waals surface area contributed by atoms with Gasteiger partial charge in [0.2, 0.25) is 5.88 Å². The van der Waals surface area contributed by atoms with Gasteiger partial charge in [-0.2, -0.15) is 13.2 Å². The molecule has 1 aromatic carbocycles. The summed E-state index contributed by atoms with van der Waals surface area (Å²) in [4.78, 5) is 14.0. The minimum atomic E-state index is -4.50. The second-order valence-electron chi connectivity index (χ2n) is 4.01. The van der Waals surface area contributed by atoms with E-state index in [1.165, 1.54) is 12.1 Å². The molecule has 3 nitrogen and oxygen atoms in total. The molecule has 0 atom stereocenters. The van der Waals surface area contributed by atoms with Crippen LogP contribution in [0.25, 0.3) is 0 Å². The van der Waals surface area contributed by atoms with Crippen molar-refractivity contribution in [2.24, 2.45) is 0 Å². The number of aldehydes is 1. The zero-order chi connectivity index (χ0) is 14.6. The van der Waals surface area contributed by atoms with Gasteiger partial charge in [0.05, 0.1) is 0 Å². The van der Waals surface area contributed by atoms with Crippen molar-refractivity contribution in [2.45, 2.75) is 12.8 Å². The van der Waals surface area contributed by atoms with Gasteiger partial charge in [0.25, 0.3) is 0 Å². The highest BCUT2D eigenvalue weighted by atomic mass is 19.4. The second kappa shape index (κ2) is 5.73. The van der Waals surface area contributed by atoms with Gasteiger partial charge in [-0.15, -0.1) is 0 Å². The highest BCUT2D eigenvalue weighted by Gasteiger charge is 2.32. The summed E-state index contributed by atoms with van der Waals surface area (Å²) < 4.78 is 42.6. The van der Waals surface area contributed by atoms with E-state index in [4.69, 9.17) is 4.74 Å². The van der Waals surface area contributed by atoms with Crippen molar-refractivity contribution in [3.8, 4) is 5.88 Å². The van der Waals surface area contributed by atoms with E-state index in [2.05, 4.69) is 4.98 Å².